The van der Waals surface area contributed by atoms with Gasteiger partial charge >= 0.3 is 0 Å². The van der Waals surface area contributed by atoms with Crippen LogP contribution in [0, 0.1) is 0 Å². The van der Waals surface area contributed by atoms with E-state index in [1.54, 1.807) is 0 Å². The van der Waals surface area contributed by atoms with Crippen LogP contribution in [0.25, 0.3) is 0 Å². The van der Waals surface area contributed by atoms with Crippen LogP contribution in [0.2, 0.25) is 0 Å². The summed E-state index contributed by atoms with van der Waals surface area (Å²) in [5.74, 6) is 0. The van der Waals surface area contributed by atoms with E-state index < -0.39 is 0 Å². The molecule has 0 fully saturated rings. The third-order valence-electron chi connectivity index (χ3n) is 2.62. The molecule has 16 heavy (non-hydrogen) atoms. The van der Waals surface area contributed by atoms with Gasteiger partial charge in [0, 0.05) is 9.15 Å². The van der Waals surface area contributed by atoms with Gasteiger partial charge in [-0.15, -0.1) is 0 Å². The summed E-state index contributed by atoms with van der Waals surface area (Å²) in [6.07, 6.45) is 1.35. The number of aliphatic hydroxyl groups excluding tert-OH is 1. The van der Waals surface area contributed by atoms with Gasteiger partial charge in [0.15, 0.2) is 0 Å². The molecular formula is C13H18Br2O. The molecule has 90 valence electrons. The smallest absolute Gasteiger partial charge is 0.0790 e. The molecular weight excluding hydrogens is 332 g/mol. The lowest BCUT2D eigenvalue weighted by Crippen LogP contribution is -2.24. The van der Waals surface area contributed by atoms with Gasteiger partial charge in [-0.05, 0) is 32.3 Å². The molecule has 0 bridgehead atoms. The Morgan fingerprint density at radius 2 is 1.75 bits per heavy atom. The van der Waals surface area contributed by atoms with Crippen molar-refractivity contribution in [2.45, 2.75) is 41.9 Å². The van der Waals surface area contributed by atoms with E-state index in [4.69, 9.17) is 0 Å². The molecule has 1 aromatic carbocycles. The van der Waals surface area contributed by atoms with Crippen LogP contribution in [-0.4, -0.2) is 14.3 Å². The fourth-order valence-electron chi connectivity index (χ4n) is 1.49. The Kier molecular flexibility index (Phi) is 5.48. The zero-order valence-electron chi connectivity index (χ0n) is 9.66. The number of hydrogen-bond donors (Lipinski definition) is 1. The number of halogens is 2. The maximum absolute atomic E-state index is 10.00. The van der Waals surface area contributed by atoms with Gasteiger partial charge in [-0.3, -0.25) is 0 Å². The highest BCUT2D eigenvalue weighted by atomic mass is 79.9. The minimum Gasteiger partial charge on any atom is -0.388 e. The largest absolute Gasteiger partial charge is 0.388 e. The molecule has 2 atom stereocenters. The summed E-state index contributed by atoms with van der Waals surface area (Å²) < 4.78 is 0.0589. The van der Waals surface area contributed by atoms with Crippen molar-refractivity contribution in [1.29, 1.82) is 0 Å². The molecule has 1 aromatic rings. The Bertz CT molecular complexity index is 305. The Hall–Kier alpha value is 0.140. The van der Waals surface area contributed by atoms with Gasteiger partial charge in [0.1, 0.15) is 0 Å². The maximum Gasteiger partial charge on any atom is 0.0790 e. The standard InChI is InChI=1S/C13H18Br2O/c1-13(2,15)12(14)9-8-11(16)10-6-4-3-5-7-10/h3-7,11-12,16H,8-9H2,1-2H3. The van der Waals surface area contributed by atoms with E-state index in [9.17, 15) is 5.11 Å². The lowest BCUT2D eigenvalue weighted by atomic mass is 10.00. The monoisotopic (exact) mass is 348 g/mol. The summed E-state index contributed by atoms with van der Waals surface area (Å²) in [4.78, 5) is 0.360. The van der Waals surface area contributed by atoms with Gasteiger partial charge in [0.05, 0.1) is 6.10 Å². The number of alkyl halides is 2. The van der Waals surface area contributed by atoms with E-state index in [2.05, 4.69) is 45.7 Å². The van der Waals surface area contributed by atoms with Crippen LogP contribution >= 0.6 is 31.9 Å². The average molecular weight is 350 g/mol. The van der Waals surface area contributed by atoms with Crippen molar-refractivity contribution in [3.63, 3.8) is 0 Å². The van der Waals surface area contributed by atoms with Crippen LogP contribution in [0.1, 0.15) is 38.4 Å². The highest BCUT2D eigenvalue weighted by Crippen LogP contribution is 2.32. The van der Waals surface area contributed by atoms with E-state index >= 15 is 0 Å². The minimum atomic E-state index is -0.365. The predicted molar refractivity (Wildman–Crippen MR) is 76.4 cm³/mol. The molecule has 0 heterocycles. The fraction of sp³-hybridized carbons (Fsp3) is 0.538. The molecule has 1 N–H and O–H groups in total. The first-order valence-electron chi connectivity index (χ1n) is 5.47. The highest BCUT2D eigenvalue weighted by molar-refractivity contribution is 9.12. The summed E-state index contributed by atoms with van der Waals surface area (Å²) in [5.41, 5.74) is 0.995. The molecule has 0 amide bonds. The van der Waals surface area contributed by atoms with Crippen LogP contribution in [-0.2, 0) is 0 Å². The van der Waals surface area contributed by atoms with Gasteiger partial charge in [-0.25, -0.2) is 0 Å². The SMILES string of the molecule is CC(C)(Br)C(Br)CCC(O)c1ccccc1. The Labute approximate surface area is 115 Å². The zero-order valence-corrected chi connectivity index (χ0v) is 12.8. The third kappa shape index (κ3) is 4.56. The molecule has 0 aliphatic carbocycles. The Balaban J connectivity index is 2.45. The van der Waals surface area contributed by atoms with Crippen molar-refractivity contribution in [3.8, 4) is 0 Å². The Morgan fingerprint density at radius 3 is 2.25 bits per heavy atom. The van der Waals surface area contributed by atoms with Gasteiger partial charge in [-0.2, -0.15) is 0 Å². The third-order valence-corrected chi connectivity index (χ3v) is 5.39. The lowest BCUT2D eigenvalue weighted by Gasteiger charge is -2.24. The number of hydrogen-bond acceptors (Lipinski definition) is 1. The van der Waals surface area contributed by atoms with Gasteiger partial charge in [0.2, 0.25) is 0 Å². The van der Waals surface area contributed by atoms with Crippen LogP contribution in [0.15, 0.2) is 30.3 Å². The molecule has 1 rings (SSSR count). The second kappa shape index (κ2) is 6.18. The van der Waals surface area contributed by atoms with Crippen molar-refractivity contribution in [2.24, 2.45) is 0 Å². The molecule has 3 heteroatoms. The fourth-order valence-corrected chi connectivity index (χ4v) is 1.98. The van der Waals surface area contributed by atoms with E-state index in [-0.39, 0.29) is 10.4 Å². The quantitative estimate of drug-likeness (QED) is 0.779. The topological polar surface area (TPSA) is 20.2 Å². The summed E-state index contributed by atoms with van der Waals surface area (Å²) >= 11 is 7.26. The lowest BCUT2D eigenvalue weighted by molar-refractivity contribution is 0.163. The van der Waals surface area contributed by atoms with E-state index in [1.807, 2.05) is 30.3 Å². The molecule has 0 aliphatic heterocycles. The van der Waals surface area contributed by atoms with Crippen molar-refractivity contribution in [1.82, 2.24) is 0 Å². The zero-order chi connectivity index (χ0) is 12.2. The molecule has 0 spiro atoms. The first-order valence-corrected chi connectivity index (χ1v) is 7.18. The average Bonchev–Trinajstić information content (AvgIpc) is 2.25. The van der Waals surface area contributed by atoms with E-state index in [0.29, 0.717) is 4.83 Å². The summed E-state index contributed by atoms with van der Waals surface area (Å²) in [6, 6.07) is 9.81. The molecule has 0 saturated carbocycles. The van der Waals surface area contributed by atoms with E-state index in [1.165, 1.54) is 0 Å². The second-order valence-electron chi connectivity index (χ2n) is 4.54. The molecule has 0 radical (unpaired) electrons. The van der Waals surface area contributed by atoms with Crippen molar-refractivity contribution in [3.05, 3.63) is 35.9 Å². The van der Waals surface area contributed by atoms with Crippen LogP contribution in [0.4, 0.5) is 0 Å². The van der Waals surface area contributed by atoms with Crippen LogP contribution in [0.3, 0.4) is 0 Å². The maximum atomic E-state index is 10.00. The normalized spacial score (nSPS) is 15.8. The van der Waals surface area contributed by atoms with Crippen molar-refractivity contribution in [2.75, 3.05) is 0 Å². The van der Waals surface area contributed by atoms with Gasteiger partial charge < -0.3 is 5.11 Å². The minimum absolute atomic E-state index is 0.0589. The van der Waals surface area contributed by atoms with Gasteiger partial charge in [0.25, 0.3) is 0 Å². The van der Waals surface area contributed by atoms with E-state index in [0.717, 1.165) is 18.4 Å². The summed E-state index contributed by atoms with van der Waals surface area (Å²) in [6.45, 7) is 4.25. The predicted octanol–water partition coefficient (Wildman–Crippen LogP) is 4.44. The molecule has 0 aliphatic rings. The van der Waals surface area contributed by atoms with Gasteiger partial charge in [-0.1, -0.05) is 62.2 Å². The molecule has 2 unspecified atom stereocenters. The highest BCUT2D eigenvalue weighted by Gasteiger charge is 2.24. The molecule has 0 aromatic heterocycles. The first kappa shape index (κ1) is 14.2. The van der Waals surface area contributed by atoms with Crippen LogP contribution in [0.5, 0.6) is 0 Å². The number of benzene rings is 1. The molecule has 0 saturated heterocycles. The first-order chi connectivity index (χ1) is 7.41. The summed E-state index contributed by atoms with van der Waals surface area (Å²) in [7, 11) is 0. The van der Waals surface area contributed by atoms with Crippen molar-refractivity contribution < 1.29 is 5.11 Å². The Morgan fingerprint density at radius 1 is 1.19 bits per heavy atom. The van der Waals surface area contributed by atoms with Crippen molar-refractivity contribution >= 4 is 31.9 Å². The second-order valence-corrected chi connectivity index (χ2v) is 7.68. The summed E-state index contributed by atoms with van der Waals surface area (Å²) in [5, 5.41) is 10.00. The van der Waals surface area contributed by atoms with Crippen LogP contribution < -0.4 is 0 Å². The number of aliphatic hydroxyl groups is 1. The molecule has 1 nitrogen and oxygen atoms in total. The number of rotatable bonds is 5.